The predicted octanol–water partition coefficient (Wildman–Crippen LogP) is 5.41. The van der Waals surface area contributed by atoms with Crippen LogP contribution in [0, 0.1) is 17.2 Å². The van der Waals surface area contributed by atoms with E-state index in [0.717, 1.165) is 29.3 Å². The molecule has 0 unspecified atom stereocenters. The molecule has 1 aliphatic carbocycles. The van der Waals surface area contributed by atoms with Gasteiger partial charge >= 0.3 is 0 Å². The van der Waals surface area contributed by atoms with E-state index in [-0.39, 0.29) is 5.91 Å². The molecule has 0 bridgehead atoms. The first-order valence-corrected chi connectivity index (χ1v) is 9.29. The topological polar surface area (TPSA) is 52.9 Å². The molecule has 0 aliphatic heterocycles. The average molecular weight is 410 g/mol. The highest BCUT2D eigenvalue weighted by molar-refractivity contribution is 9.10. The van der Waals surface area contributed by atoms with Crippen LogP contribution in [-0.4, -0.2) is 5.91 Å². The number of nitriles is 1. The van der Waals surface area contributed by atoms with Crippen molar-refractivity contribution in [3.63, 3.8) is 0 Å². The maximum absolute atomic E-state index is 12.5. The van der Waals surface area contributed by atoms with Crippen molar-refractivity contribution in [1.29, 1.82) is 5.26 Å². The van der Waals surface area contributed by atoms with E-state index in [1.54, 1.807) is 18.2 Å². The van der Waals surface area contributed by atoms with Crippen molar-refractivity contribution in [2.75, 3.05) is 5.32 Å². The van der Waals surface area contributed by atoms with Gasteiger partial charge in [0.15, 0.2) is 0 Å². The summed E-state index contributed by atoms with van der Waals surface area (Å²) in [7, 11) is 0. The molecule has 23 heavy (non-hydrogen) atoms. The van der Waals surface area contributed by atoms with Crippen LogP contribution in [0.5, 0.6) is 0 Å². The third kappa shape index (κ3) is 3.30. The molecule has 2 aromatic rings. The van der Waals surface area contributed by atoms with E-state index in [1.807, 2.05) is 0 Å². The summed E-state index contributed by atoms with van der Waals surface area (Å²) < 4.78 is 0.784. The van der Waals surface area contributed by atoms with Crippen molar-refractivity contribution in [2.45, 2.75) is 26.2 Å². The Balaban J connectivity index is 1.93. The van der Waals surface area contributed by atoms with E-state index in [1.165, 1.54) is 16.2 Å². The van der Waals surface area contributed by atoms with Crippen LogP contribution in [0.4, 0.5) is 5.00 Å². The maximum atomic E-state index is 12.5. The summed E-state index contributed by atoms with van der Waals surface area (Å²) in [5.41, 5.74) is 2.10. The molecule has 0 spiro atoms. The van der Waals surface area contributed by atoms with Gasteiger partial charge in [-0.2, -0.15) is 5.26 Å². The van der Waals surface area contributed by atoms with E-state index >= 15 is 0 Å². The van der Waals surface area contributed by atoms with Crippen LogP contribution in [0.25, 0.3) is 0 Å². The molecule has 1 amide bonds. The molecule has 1 aliphatic rings. The summed E-state index contributed by atoms with van der Waals surface area (Å²) in [6.07, 6.45) is 2.97. The average Bonchev–Trinajstić information content (AvgIpc) is 2.85. The van der Waals surface area contributed by atoms with Crippen LogP contribution < -0.4 is 5.32 Å². The van der Waals surface area contributed by atoms with Crippen molar-refractivity contribution >= 4 is 49.8 Å². The van der Waals surface area contributed by atoms with Gasteiger partial charge in [0.1, 0.15) is 11.1 Å². The lowest BCUT2D eigenvalue weighted by Gasteiger charge is -2.17. The Morgan fingerprint density at radius 3 is 3.04 bits per heavy atom. The quantitative estimate of drug-likeness (QED) is 0.720. The molecule has 3 rings (SSSR count). The number of halogens is 2. The van der Waals surface area contributed by atoms with Crippen LogP contribution >= 0.6 is 38.9 Å². The Labute approximate surface area is 152 Å². The number of carbonyl (C=O) groups excluding carboxylic acids is 1. The van der Waals surface area contributed by atoms with Crippen LogP contribution in [-0.2, 0) is 12.8 Å². The minimum absolute atomic E-state index is 0.292. The number of nitrogens with zero attached hydrogens (tertiary/aromatic N) is 1. The number of fused-ring (bicyclic) bond motifs is 1. The predicted molar refractivity (Wildman–Crippen MR) is 97.3 cm³/mol. The summed E-state index contributed by atoms with van der Waals surface area (Å²) in [4.78, 5) is 13.7. The molecule has 0 radical (unpaired) electrons. The van der Waals surface area contributed by atoms with Crippen molar-refractivity contribution < 1.29 is 4.79 Å². The van der Waals surface area contributed by atoms with Gasteiger partial charge in [0.25, 0.3) is 5.91 Å². The van der Waals surface area contributed by atoms with Gasteiger partial charge in [-0.05, 0) is 48.9 Å². The van der Waals surface area contributed by atoms with E-state index in [4.69, 9.17) is 11.6 Å². The summed E-state index contributed by atoms with van der Waals surface area (Å²) in [5, 5.41) is 13.4. The molecule has 1 aromatic carbocycles. The van der Waals surface area contributed by atoms with Gasteiger partial charge in [0.05, 0.1) is 16.1 Å². The van der Waals surface area contributed by atoms with Crippen LogP contribution in [0.3, 0.4) is 0 Å². The first-order chi connectivity index (χ1) is 11.0. The zero-order chi connectivity index (χ0) is 16.6. The number of amides is 1. The van der Waals surface area contributed by atoms with Crippen LogP contribution in [0.15, 0.2) is 22.7 Å². The Hall–Kier alpha value is -1.35. The fourth-order valence-electron chi connectivity index (χ4n) is 2.80. The highest BCUT2D eigenvalue weighted by Crippen LogP contribution is 2.39. The number of hydrogen-bond donors (Lipinski definition) is 1. The molecule has 118 valence electrons. The molecule has 1 heterocycles. The zero-order valence-electron chi connectivity index (χ0n) is 12.5. The molecule has 3 nitrogen and oxygen atoms in total. The van der Waals surface area contributed by atoms with Crippen LogP contribution in [0.2, 0.25) is 5.02 Å². The highest BCUT2D eigenvalue weighted by Gasteiger charge is 2.25. The Bertz CT molecular complexity index is 825. The van der Waals surface area contributed by atoms with E-state index in [9.17, 15) is 10.1 Å². The number of anilines is 1. The second-order valence-corrected chi connectivity index (χ2v) is 8.17. The van der Waals surface area contributed by atoms with Gasteiger partial charge in [0.2, 0.25) is 0 Å². The molecule has 6 heteroatoms. The van der Waals surface area contributed by atoms with Crippen LogP contribution in [0.1, 0.15) is 39.7 Å². The number of benzene rings is 1. The largest absolute Gasteiger partial charge is 0.312 e. The SMILES string of the molecule is C[C@H]1CCc2c(sc(NC(=O)c3cc(Br)ccc3Cl)c2C#N)C1. The minimum atomic E-state index is -0.292. The normalized spacial score (nSPS) is 16.5. The van der Waals surface area contributed by atoms with E-state index < -0.39 is 0 Å². The number of carbonyl (C=O) groups is 1. The third-order valence-corrected chi connectivity index (χ3v) is 6.02. The monoisotopic (exact) mass is 408 g/mol. The van der Waals surface area contributed by atoms with Crippen molar-refractivity contribution in [3.05, 3.63) is 49.3 Å². The standard InChI is InChI=1S/C17H14BrClN2OS/c1-9-2-4-11-13(8-20)17(23-15(11)6-9)21-16(22)12-7-10(18)3-5-14(12)19/h3,5,7,9H,2,4,6H2,1H3,(H,21,22)/t9-/m0/s1. The summed E-state index contributed by atoms with van der Waals surface area (Å²) in [6, 6.07) is 7.39. The summed E-state index contributed by atoms with van der Waals surface area (Å²) in [5.74, 6) is 0.329. The molecule has 0 fully saturated rings. The van der Waals surface area contributed by atoms with Gasteiger partial charge in [-0.1, -0.05) is 34.5 Å². The smallest absolute Gasteiger partial charge is 0.257 e. The maximum Gasteiger partial charge on any atom is 0.257 e. The Morgan fingerprint density at radius 1 is 1.52 bits per heavy atom. The lowest BCUT2D eigenvalue weighted by Crippen LogP contribution is -2.12. The van der Waals surface area contributed by atoms with Crippen molar-refractivity contribution in [3.8, 4) is 6.07 Å². The Kier molecular flexibility index (Phi) is 4.77. The number of rotatable bonds is 2. The number of nitrogens with one attached hydrogen (secondary N) is 1. The summed E-state index contributed by atoms with van der Waals surface area (Å²) in [6.45, 7) is 2.22. The lowest BCUT2D eigenvalue weighted by atomic mass is 9.88. The van der Waals surface area contributed by atoms with Crippen molar-refractivity contribution in [1.82, 2.24) is 0 Å². The number of thiophene rings is 1. The van der Waals surface area contributed by atoms with Crippen molar-refractivity contribution in [2.24, 2.45) is 5.92 Å². The molecule has 1 N–H and O–H groups in total. The first-order valence-electron chi connectivity index (χ1n) is 7.30. The van der Waals surface area contributed by atoms with Gasteiger partial charge in [-0.15, -0.1) is 11.3 Å². The van der Waals surface area contributed by atoms with Gasteiger partial charge in [-0.3, -0.25) is 4.79 Å². The van der Waals surface area contributed by atoms with Gasteiger partial charge < -0.3 is 5.32 Å². The fourth-order valence-corrected chi connectivity index (χ4v) is 4.72. The summed E-state index contributed by atoms with van der Waals surface area (Å²) >= 11 is 11.0. The molecular weight excluding hydrogens is 396 g/mol. The highest BCUT2D eigenvalue weighted by atomic mass is 79.9. The van der Waals surface area contributed by atoms with E-state index in [2.05, 4.69) is 34.2 Å². The molecule has 0 saturated heterocycles. The zero-order valence-corrected chi connectivity index (χ0v) is 15.6. The lowest BCUT2D eigenvalue weighted by molar-refractivity contribution is 0.102. The molecule has 1 aromatic heterocycles. The molecular formula is C17H14BrClN2OS. The minimum Gasteiger partial charge on any atom is -0.312 e. The second-order valence-electron chi connectivity index (χ2n) is 5.75. The first kappa shape index (κ1) is 16.5. The van der Waals surface area contributed by atoms with E-state index in [0.29, 0.717) is 27.1 Å². The fraction of sp³-hybridized carbons (Fsp3) is 0.294. The van der Waals surface area contributed by atoms with Gasteiger partial charge in [0, 0.05) is 9.35 Å². The third-order valence-electron chi connectivity index (χ3n) is 4.02. The van der Waals surface area contributed by atoms with Gasteiger partial charge in [-0.25, -0.2) is 0 Å². The second kappa shape index (κ2) is 6.64. The molecule has 0 saturated carbocycles. The Morgan fingerprint density at radius 2 is 2.30 bits per heavy atom. The molecule has 1 atom stereocenters. The number of hydrogen-bond acceptors (Lipinski definition) is 3.